The summed E-state index contributed by atoms with van der Waals surface area (Å²) in [4.78, 5) is 11.1. The Bertz CT molecular complexity index is 217. The zero-order valence-electron chi connectivity index (χ0n) is 9.01. The molecular formula is C11H19NO2. The van der Waals surface area contributed by atoms with Crippen LogP contribution in [0.15, 0.2) is 11.8 Å². The maximum atomic E-state index is 11.1. The maximum absolute atomic E-state index is 11.1. The minimum atomic E-state index is -0.256. The number of hydrogen-bond acceptors (Lipinski definition) is 3. The van der Waals surface area contributed by atoms with Crippen LogP contribution in [0.4, 0.5) is 0 Å². The zero-order valence-corrected chi connectivity index (χ0v) is 9.01. The van der Waals surface area contributed by atoms with E-state index in [1.807, 2.05) is 0 Å². The standard InChI is InChI=1S/C11H19NO2/c1-9(11(13)14-2)8-12-10-6-4-3-5-7-10/h8,10,12H,3-7H2,1-2H3/b9-8+. The second-order valence-electron chi connectivity index (χ2n) is 3.82. The first-order valence-corrected chi connectivity index (χ1v) is 5.25. The summed E-state index contributed by atoms with van der Waals surface area (Å²) in [5.41, 5.74) is 0.637. The molecule has 3 nitrogen and oxygen atoms in total. The van der Waals surface area contributed by atoms with Gasteiger partial charge in [0.1, 0.15) is 0 Å². The Kier molecular flexibility index (Phi) is 4.50. The average molecular weight is 197 g/mol. The Balaban J connectivity index is 2.33. The lowest BCUT2D eigenvalue weighted by Crippen LogP contribution is -2.27. The highest BCUT2D eigenvalue weighted by Gasteiger charge is 2.11. The van der Waals surface area contributed by atoms with Gasteiger partial charge in [-0.3, -0.25) is 0 Å². The highest BCUT2D eigenvalue weighted by atomic mass is 16.5. The first-order chi connectivity index (χ1) is 6.74. The minimum absolute atomic E-state index is 0.256. The molecule has 0 saturated heterocycles. The van der Waals surface area contributed by atoms with Crippen LogP contribution in [0, 0.1) is 0 Å². The van der Waals surface area contributed by atoms with Gasteiger partial charge in [0, 0.05) is 17.8 Å². The van der Waals surface area contributed by atoms with Crippen molar-refractivity contribution in [3.05, 3.63) is 11.8 Å². The lowest BCUT2D eigenvalue weighted by molar-refractivity contribution is -0.136. The molecule has 0 bridgehead atoms. The molecule has 0 aromatic heterocycles. The fourth-order valence-corrected chi connectivity index (χ4v) is 1.73. The molecule has 0 unspecified atom stereocenters. The molecule has 1 aliphatic carbocycles. The van der Waals surface area contributed by atoms with E-state index in [4.69, 9.17) is 0 Å². The van der Waals surface area contributed by atoms with E-state index >= 15 is 0 Å². The van der Waals surface area contributed by atoms with Crippen LogP contribution in [0.5, 0.6) is 0 Å². The van der Waals surface area contributed by atoms with E-state index in [1.165, 1.54) is 39.2 Å². The van der Waals surface area contributed by atoms with Crippen LogP contribution in [0.1, 0.15) is 39.0 Å². The summed E-state index contributed by atoms with van der Waals surface area (Å²) >= 11 is 0. The number of hydrogen-bond donors (Lipinski definition) is 1. The predicted molar refractivity (Wildman–Crippen MR) is 55.8 cm³/mol. The third-order valence-electron chi connectivity index (χ3n) is 2.65. The number of carbonyl (C=O) groups excluding carboxylic acids is 1. The maximum Gasteiger partial charge on any atom is 0.334 e. The van der Waals surface area contributed by atoms with E-state index < -0.39 is 0 Å². The predicted octanol–water partition coefficient (Wildman–Crippen LogP) is 1.99. The van der Waals surface area contributed by atoms with Crippen molar-refractivity contribution in [1.29, 1.82) is 0 Å². The van der Waals surface area contributed by atoms with Crippen molar-refractivity contribution < 1.29 is 9.53 Å². The van der Waals surface area contributed by atoms with Gasteiger partial charge in [-0.15, -0.1) is 0 Å². The van der Waals surface area contributed by atoms with Crippen LogP contribution in [-0.2, 0) is 9.53 Å². The van der Waals surface area contributed by atoms with E-state index in [1.54, 1.807) is 13.1 Å². The number of ether oxygens (including phenoxy) is 1. The second-order valence-corrected chi connectivity index (χ2v) is 3.82. The summed E-state index contributed by atoms with van der Waals surface area (Å²) in [5.74, 6) is -0.256. The highest BCUT2D eigenvalue weighted by Crippen LogP contribution is 2.17. The molecule has 14 heavy (non-hydrogen) atoms. The molecule has 0 aromatic rings. The van der Waals surface area contributed by atoms with E-state index in [0.717, 1.165) is 0 Å². The topological polar surface area (TPSA) is 38.3 Å². The van der Waals surface area contributed by atoms with Crippen molar-refractivity contribution in [3.63, 3.8) is 0 Å². The Hall–Kier alpha value is -0.990. The van der Waals surface area contributed by atoms with Crippen molar-refractivity contribution in [2.24, 2.45) is 0 Å². The number of carbonyl (C=O) groups is 1. The first kappa shape index (κ1) is 11.1. The molecule has 3 heteroatoms. The third-order valence-corrected chi connectivity index (χ3v) is 2.65. The molecule has 1 rings (SSSR count). The SMILES string of the molecule is COC(=O)/C(C)=C/NC1CCCCC1. The molecule has 0 atom stereocenters. The summed E-state index contributed by atoms with van der Waals surface area (Å²) in [5, 5.41) is 3.27. The molecule has 0 heterocycles. The van der Waals surface area contributed by atoms with E-state index in [0.29, 0.717) is 11.6 Å². The molecule has 1 N–H and O–H groups in total. The highest BCUT2D eigenvalue weighted by molar-refractivity contribution is 5.87. The van der Waals surface area contributed by atoms with Gasteiger partial charge >= 0.3 is 5.97 Å². The average Bonchev–Trinajstić information content (AvgIpc) is 2.26. The molecular weight excluding hydrogens is 178 g/mol. The van der Waals surface area contributed by atoms with Crippen LogP contribution in [-0.4, -0.2) is 19.1 Å². The van der Waals surface area contributed by atoms with Gasteiger partial charge in [-0.2, -0.15) is 0 Å². The van der Waals surface area contributed by atoms with E-state index in [2.05, 4.69) is 10.1 Å². The van der Waals surface area contributed by atoms with Gasteiger partial charge in [0.2, 0.25) is 0 Å². The molecule has 1 aliphatic rings. The molecule has 0 aromatic carbocycles. The Labute approximate surface area is 85.5 Å². The summed E-state index contributed by atoms with van der Waals surface area (Å²) in [6.07, 6.45) is 8.14. The van der Waals surface area contributed by atoms with Crippen molar-refractivity contribution in [1.82, 2.24) is 5.32 Å². The van der Waals surface area contributed by atoms with Gasteiger partial charge in [0.25, 0.3) is 0 Å². The van der Waals surface area contributed by atoms with Gasteiger partial charge in [-0.05, 0) is 19.8 Å². The van der Waals surface area contributed by atoms with Crippen molar-refractivity contribution in [2.45, 2.75) is 45.1 Å². The van der Waals surface area contributed by atoms with Crippen LogP contribution in [0.3, 0.4) is 0 Å². The van der Waals surface area contributed by atoms with Crippen LogP contribution in [0.2, 0.25) is 0 Å². The normalized spacial score (nSPS) is 19.1. The van der Waals surface area contributed by atoms with Gasteiger partial charge in [-0.1, -0.05) is 19.3 Å². The number of esters is 1. The van der Waals surface area contributed by atoms with Crippen LogP contribution >= 0.6 is 0 Å². The number of nitrogens with one attached hydrogen (secondary N) is 1. The number of rotatable bonds is 3. The smallest absolute Gasteiger partial charge is 0.334 e. The second kappa shape index (κ2) is 5.68. The fraction of sp³-hybridized carbons (Fsp3) is 0.727. The summed E-state index contributed by atoms with van der Waals surface area (Å²) in [6.45, 7) is 1.77. The third kappa shape index (κ3) is 3.40. The van der Waals surface area contributed by atoms with Crippen molar-refractivity contribution >= 4 is 5.97 Å². The van der Waals surface area contributed by atoms with Gasteiger partial charge in [0.05, 0.1) is 7.11 Å². The molecule has 0 amide bonds. The summed E-state index contributed by atoms with van der Waals surface area (Å²) in [7, 11) is 1.40. The van der Waals surface area contributed by atoms with E-state index in [9.17, 15) is 4.79 Å². The van der Waals surface area contributed by atoms with E-state index in [-0.39, 0.29) is 5.97 Å². The fourth-order valence-electron chi connectivity index (χ4n) is 1.73. The summed E-state index contributed by atoms with van der Waals surface area (Å²) < 4.78 is 4.60. The summed E-state index contributed by atoms with van der Waals surface area (Å²) in [6, 6.07) is 0.545. The monoisotopic (exact) mass is 197 g/mol. The van der Waals surface area contributed by atoms with Gasteiger partial charge < -0.3 is 10.1 Å². The first-order valence-electron chi connectivity index (χ1n) is 5.25. The van der Waals surface area contributed by atoms with Crippen molar-refractivity contribution in [2.75, 3.05) is 7.11 Å². The quantitative estimate of drug-likeness (QED) is 0.555. The lowest BCUT2D eigenvalue weighted by atomic mass is 9.96. The van der Waals surface area contributed by atoms with Crippen molar-refractivity contribution in [3.8, 4) is 0 Å². The molecule has 80 valence electrons. The Morgan fingerprint density at radius 2 is 2.00 bits per heavy atom. The lowest BCUT2D eigenvalue weighted by Gasteiger charge is -2.21. The molecule has 1 saturated carbocycles. The Morgan fingerprint density at radius 1 is 1.36 bits per heavy atom. The largest absolute Gasteiger partial charge is 0.466 e. The number of methoxy groups -OCH3 is 1. The molecule has 1 fully saturated rings. The van der Waals surface area contributed by atoms with Crippen LogP contribution in [0.25, 0.3) is 0 Å². The van der Waals surface area contributed by atoms with Gasteiger partial charge in [-0.25, -0.2) is 4.79 Å². The molecule has 0 aliphatic heterocycles. The minimum Gasteiger partial charge on any atom is -0.466 e. The molecule has 0 spiro atoms. The molecule has 0 radical (unpaired) electrons. The zero-order chi connectivity index (χ0) is 10.4. The van der Waals surface area contributed by atoms with Crippen LogP contribution < -0.4 is 5.32 Å². The van der Waals surface area contributed by atoms with Gasteiger partial charge in [0.15, 0.2) is 0 Å². The Morgan fingerprint density at radius 3 is 2.57 bits per heavy atom.